The van der Waals surface area contributed by atoms with E-state index in [2.05, 4.69) is 5.32 Å². The van der Waals surface area contributed by atoms with Crippen molar-refractivity contribution in [1.29, 1.82) is 0 Å². The molecule has 1 aliphatic rings. The molecule has 0 aromatic heterocycles. The Kier molecular flexibility index (Phi) is 4.39. The van der Waals surface area contributed by atoms with Crippen molar-refractivity contribution in [3.05, 3.63) is 28.8 Å². The summed E-state index contributed by atoms with van der Waals surface area (Å²) in [6.07, 6.45) is -0.742. The molecule has 124 valence electrons. The molecule has 1 fully saturated rings. The van der Waals surface area contributed by atoms with Gasteiger partial charge in [0.2, 0.25) is 0 Å². The van der Waals surface area contributed by atoms with E-state index in [1.54, 1.807) is 26.8 Å². The highest BCUT2D eigenvalue weighted by Crippen LogP contribution is 2.43. The van der Waals surface area contributed by atoms with Crippen molar-refractivity contribution in [2.45, 2.75) is 44.6 Å². The maximum Gasteiger partial charge on any atom is 0.412 e. The summed E-state index contributed by atoms with van der Waals surface area (Å²) in [4.78, 5) is 34.5. The van der Waals surface area contributed by atoms with Crippen molar-refractivity contribution >= 4 is 35.1 Å². The number of nitrogens with one attached hydrogen (secondary N) is 1. The Morgan fingerprint density at radius 3 is 2.35 bits per heavy atom. The van der Waals surface area contributed by atoms with Crippen molar-refractivity contribution in [1.82, 2.24) is 0 Å². The largest absolute Gasteiger partial charge is 0.481 e. The molecule has 1 aromatic rings. The van der Waals surface area contributed by atoms with Crippen molar-refractivity contribution in [3.8, 4) is 0 Å². The smallest absolute Gasteiger partial charge is 0.412 e. The summed E-state index contributed by atoms with van der Waals surface area (Å²) in [5.41, 5.74) is -1.10. The first kappa shape index (κ1) is 17.3. The van der Waals surface area contributed by atoms with Gasteiger partial charge in [-0.3, -0.25) is 14.9 Å². The quantitative estimate of drug-likeness (QED) is 0.880. The summed E-state index contributed by atoms with van der Waals surface area (Å²) in [6, 6.07) is 4.53. The molecule has 1 amide bonds. The zero-order valence-corrected chi connectivity index (χ0v) is 13.9. The number of ketones is 1. The molecule has 2 rings (SSSR count). The molecule has 0 unspecified atom stereocenters. The van der Waals surface area contributed by atoms with E-state index in [1.165, 1.54) is 12.1 Å². The molecule has 1 aromatic carbocycles. The number of rotatable bonds is 3. The molecule has 0 bridgehead atoms. The Balaban J connectivity index is 2.20. The first-order valence-corrected chi connectivity index (χ1v) is 7.46. The van der Waals surface area contributed by atoms with Crippen LogP contribution in [0.25, 0.3) is 0 Å². The Labute approximate surface area is 138 Å². The fourth-order valence-electron chi connectivity index (χ4n) is 2.43. The summed E-state index contributed by atoms with van der Waals surface area (Å²) < 4.78 is 5.13. The number of Topliss-reactive ketones (excluding diaryl/α,β-unsaturated/α-hetero) is 1. The number of carbonyl (C=O) groups is 3. The number of aliphatic carboxylic acids is 1. The second-order valence-corrected chi connectivity index (χ2v) is 7.01. The monoisotopic (exact) mass is 339 g/mol. The lowest BCUT2D eigenvalue weighted by atomic mass is 9.63. The molecule has 0 aliphatic heterocycles. The first-order chi connectivity index (χ1) is 10.5. The number of halogens is 1. The predicted molar refractivity (Wildman–Crippen MR) is 84.9 cm³/mol. The number of hydrogen-bond donors (Lipinski definition) is 2. The molecular formula is C16H18ClNO5. The van der Waals surface area contributed by atoms with E-state index in [9.17, 15) is 19.5 Å². The number of carboxylic acids is 1. The van der Waals surface area contributed by atoms with Crippen LogP contribution in [0.1, 0.15) is 39.2 Å². The molecule has 0 spiro atoms. The molecule has 23 heavy (non-hydrogen) atoms. The molecule has 1 saturated carbocycles. The molecule has 0 atom stereocenters. The second-order valence-electron chi connectivity index (χ2n) is 6.60. The van der Waals surface area contributed by atoms with E-state index in [0.717, 1.165) is 0 Å². The molecule has 1 aliphatic carbocycles. The normalized spacial score (nSPS) is 16.4. The number of carbonyl (C=O) groups excluding carboxylic acids is 2. The maximum atomic E-state index is 11.7. The summed E-state index contributed by atoms with van der Waals surface area (Å²) in [5, 5.41) is 12.1. The van der Waals surface area contributed by atoms with E-state index in [1.807, 2.05) is 0 Å². The van der Waals surface area contributed by atoms with Crippen LogP contribution in [-0.2, 0) is 19.7 Å². The van der Waals surface area contributed by atoms with Crippen LogP contribution >= 0.6 is 11.6 Å². The van der Waals surface area contributed by atoms with Crippen LogP contribution in [0.4, 0.5) is 10.5 Å². The molecule has 0 heterocycles. The Hall–Kier alpha value is -2.08. The number of hydrogen-bond acceptors (Lipinski definition) is 4. The molecular weight excluding hydrogens is 322 g/mol. The summed E-state index contributed by atoms with van der Waals surface area (Å²) in [7, 11) is 0. The van der Waals surface area contributed by atoms with E-state index in [4.69, 9.17) is 16.3 Å². The Morgan fingerprint density at radius 2 is 1.91 bits per heavy atom. The zero-order valence-electron chi connectivity index (χ0n) is 13.1. The minimum absolute atomic E-state index is 0.0441. The molecule has 6 nitrogen and oxygen atoms in total. The SMILES string of the molecule is CC(C)(C)OC(=O)Nc1ccc(C2(C(=O)O)CC(=O)C2)cc1Cl. The first-order valence-electron chi connectivity index (χ1n) is 7.09. The standard InChI is InChI=1S/C16H18ClNO5/c1-15(2,3)23-14(22)18-12-5-4-9(6-11(12)17)16(13(20)21)7-10(19)8-16/h4-6H,7-8H2,1-3H3,(H,18,22)(H,20,21). The molecule has 0 radical (unpaired) electrons. The Morgan fingerprint density at radius 1 is 1.30 bits per heavy atom. The van der Waals surface area contributed by atoms with Crippen LogP contribution in [0.3, 0.4) is 0 Å². The number of benzene rings is 1. The van der Waals surface area contributed by atoms with Gasteiger partial charge < -0.3 is 9.84 Å². The predicted octanol–water partition coefficient (Wildman–Crippen LogP) is 3.37. The van der Waals surface area contributed by atoms with Crippen LogP contribution in [0.5, 0.6) is 0 Å². The number of anilines is 1. The fourth-order valence-corrected chi connectivity index (χ4v) is 2.66. The summed E-state index contributed by atoms with van der Waals surface area (Å²) >= 11 is 6.12. The van der Waals surface area contributed by atoms with Gasteiger partial charge in [0, 0.05) is 12.8 Å². The second kappa shape index (κ2) is 5.85. The average Bonchev–Trinajstić information content (AvgIpc) is 2.34. The van der Waals surface area contributed by atoms with Gasteiger partial charge in [0.1, 0.15) is 16.8 Å². The third kappa shape index (κ3) is 3.64. The van der Waals surface area contributed by atoms with E-state index >= 15 is 0 Å². The minimum atomic E-state index is -1.22. The van der Waals surface area contributed by atoms with Crippen molar-refractivity contribution in [2.75, 3.05) is 5.32 Å². The highest BCUT2D eigenvalue weighted by atomic mass is 35.5. The van der Waals surface area contributed by atoms with Gasteiger partial charge in [-0.25, -0.2) is 4.79 Å². The molecule has 0 saturated heterocycles. The van der Waals surface area contributed by atoms with Crippen LogP contribution in [-0.4, -0.2) is 28.6 Å². The van der Waals surface area contributed by atoms with Crippen molar-refractivity contribution < 1.29 is 24.2 Å². The van der Waals surface area contributed by atoms with E-state index in [0.29, 0.717) is 11.3 Å². The highest BCUT2D eigenvalue weighted by molar-refractivity contribution is 6.33. The van der Waals surface area contributed by atoms with E-state index < -0.39 is 23.1 Å². The zero-order chi connectivity index (χ0) is 17.4. The van der Waals surface area contributed by atoms with Gasteiger partial charge >= 0.3 is 12.1 Å². The van der Waals surface area contributed by atoms with Gasteiger partial charge in [-0.05, 0) is 38.5 Å². The van der Waals surface area contributed by atoms with Gasteiger partial charge in [-0.2, -0.15) is 0 Å². The van der Waals surface area contributed by atoms with Crippen LogP contribution in [0.15, 0.2) is 18.2 Å². The fraction of sp³-hybridized carbons (Fsp3) is 0.438. The number of ether oxygens (including phenoxy) is 1. The average molecular weight is 340 g/mol. The van der Waals surface area contributed by atoms with Gasteiger partial charge in [-0.15, -0.1) is 0 Å². The van der Waals surface area contributed by atoms with Gasteiger partial charge in [0.25, 0.3) is 0 Å². The third-order valence-corrected chi connectivity index (χ3v) is 3.88. The van der Waals surface area contributed by atoms with Gasteiger partial charge in [-0.1, -0.05) is 17.7 Å². The lowest BCUT2D eigenvalue weighted by Gasteiger charge is -2.36. The van der Waals surface area contributed by atoms with Crippen LogP contribution in [0.2, 0.25) is 5.02 Å². The van der Waals surface area contributed by atoms with Gasteiger partial charge in [0.05, 0.1) is 10.7 Å². The third-order valence-electron chi connectivity index (χ3n) is 3.56. The highest BCUT2D eigenvalue weighted by Gasteiger charge is 2.51. The molecule has 7 heteroatoms. The van der Waals surface area contributed by atoms with Crippen LogP contribution < -0.4 is 5.32 Å². The number of carboxylic acid groups (broad SMARTS) is 1. The topological polar surface area (TPSA) is 92.7 Å². The minimum Gasteiger partial charge on any atom is -0.481 e. The van der Waals surface area contributed by atoms with E-state index in [-0.39, 0.29) is 23.6 Å². The van der Waals surface area contributed by atoms with Crippen molar-refractivity contribution in [2.24, 2.45) is 0 Å². The lowest BCUT2D eigenvalue weighted by Crippen LogP contribution is -2.48. The summed E-state index contributed by atoms with van der Waals surface area (Å²) in [6.45, 7) is 5.21. The lowest BCUT2D eigenvalue weighted by molar-refractivity contribution is -0.153. The Bertz CT molecular complexity index is 670. The maximum absolute atomic E-state index is 11.7. The van der Waals surface area contributed by atoms with Crippen LogP contribution in [0, 0.1) is 0 Å². The van der Waals surface area contributed by atoms with Crippen molar-refractivity contribution in [3.63, 3.8) is 0 Å². The van der Waals surface area contributed by atoms with Gasteiger partial charge in [0.15, 0.2) is 0 Å². The molecule has 2 N–H and O–H groups in total. The number of amides is 1. The summed E-state index contributed by atoms with van der Waals surface area (Å²) in [5.74, 6) is -1.15.